The minimum atomic E-state index is -0.471. The number of nitrogens with one attached hydrogen (secondary N) is 2. The molecule has 3 rings (SSSR count). The molecule has 0 saturated carbocycles. The van der Waals surface area contributed by atoms with Gasteiger partial charge in [0.1, 0.15) is 17.4 Å². The molecule has 11 heteroatoms. The van der Waals surface area contributed by atoms with Gasteiger partial charge in [-0.15, -0.1) is 10.2 Å². The van der Waals surface area contributed by atoms with Crippen LogP contribution in [0.3, 0.4) is 0 Å². The van der Waals surface area contributed by atoms with Gasteiger partial charge in [0.15, 0.2) is 0 Å². The zero-order valence-corrected chi connectivity index (χ0v) is 17.2. The maximum atomic E-state index is 13.0. The van der Waals surface area contributed by atoms with E-state index in [4.69, 9.17) is 4.74 Å². The quantitative estimate of drug-likeness (QED) is 0.674. The van der Waals surface area contributed by atoms with Crippen molar-refractivity contribution in [3.63, 3.8) is 0 Å². The lowest BCUT2D eigenvalue weighted by Crippen LogP contribution is -2.45. The van der Waals surface area contributed by atoms with Crippen LogP contribution in [0.1, 0.15) is 40.5 Å². The van der Waals surface area contributed by atoms with Crippen LogP contribution in [-0.2, 0) is 9.53 Å². The number of benzene rings is 1. The summed E-state index contributed by atoms with van der Waals surface area (Å²) < 4.78 is 17.7. The fourth-order valence-corrected chi connectivity index (χ4v) is 3.92. The molecule has 0 atom stereocenters. The Bertz CT molecular complexity index is 897. The zero-order chi connectivity index (χ0) is 21.5. The summed E-state index contributed by atoms with van der Waals surface area (Å²) in [7, 11) is 0. The highest BCUT2D eigenvalue weighted by molar-refractivity contribution is 7.13. The predicted octanol–water partition coefficient (Wildman–Crippen LogP) is 2.38. The van der Waals surface area contributed by atoms with E-state index in [9.17, 15) is 18.8 Å². The fourth-order valence-electron chi connectivity index (χ4n) is 3.01. The number of aromatic nitrogens is 2. The van der Waals surface area contributed by atoms with E-state index in [1.807, 2.05) is 0 Å². The number of piperidine rings is 1. The van der Waals surface area contributed by atoms with Crippen molar-refractivity contribution in [2.75, 3.05) is 31.6 Å². The van der Waals surface area contributed by atoms with Crippen LogP contribution in [0.15, 0.2) is 24.3 Å². The van der Waals surface area contributed by atoms with Crippen molar-refractivity contribution < 1.29 is 23.5 Å². The molecule has 0 unspecified atom stereocenters. The highest BCUT2D eigenvalue weighted by Gasteiger charge is 2.27. The average molecular weight is 435 g/mol. The van der Waals surface area contributed by atoms with Crippen molar-refractivity contribution in [3.8, 4) is 0 Å². The number of anilines is 1. The number of hydrogen-bond acceptors (Lipinski definition) is 7. The first-order valence-electron chi connectivity index (χ1n) is 9.55. The van der Waals surface area contributed by atoms with E-state index in [0.717, 1.165) is 5.01 Å². The van der Waals surface area contributed by atoms with Gasteiger partial charge < -0.3 is 20.3 Å². The van der Waals surface area contributed by atoms with Gasteiger partial charge in [-0.2, -0.15) is 0 Å². The summed E-state index contributed by atoms with van der Waals surface area (Å²) in [5.74, 6) is -1.15. The van der Waals surface area contributed by atoms with Crippen LogP contribution in [0.2, 0.25) is 0 Å². The molecule has 160 valence electrons. The molecule has 2 heterocycles. The molecular weight excluding hydrogens is 413 g/mol. The Morgan fingerprint density at radius 3 is 2.57 bits per heavy atom. The molecule has 0 radical (unpaired) electrons. The van der Waals surface area contributed by atoms with Gasteiger partial charge >= 0.3 is 12.0 Å². The molecule has 0 bridgehead atoms. The normalized spacial score (nSPS) is 14.3. The largest absolute Gasteiger partial charge is 0.465 e. The summed E-state index contributed by atoms with van der Waals surface area (Å²) in [5.41, 5.74) is 0.472. The Labute approximate surface area is 176 Å². The summed E-state index contributed by atoms with van der Waals surface area (Å²) >= 11 is 1.21. The fraction of sp³-hybridized carbons (Fsp3) is 0.421. The van der Waals surface area contributed by atoms with Gasteiger partial charge in [0.05, 0.1) is 6.61 Å². The smallest absolute Gasteiger partial charge is 0.325 e. The SMILES string of the molecule is CCOC(=O)CNC(=O)N1CCC(c2nnc(C(=O)Nc3ccc(F)cc3)s2)CC1. The minimum Gasteiger partial charge on any atom is -0.465 e. The molecule has 0 aliphatic carbocycles. The number of hydrogen-bond donors (Lipinski definition) is 2. The molecule has 9 nitrogen and oxygen atoms in total. The monoisotopic (exact) mass is 435 g/mol. The second kappa shape index (κ2) is 10.1. The number of halogens is 1. The van der Waals surface area contributed by atoms with E-state index in [2.05, 4.69) is 20.8 Å². The number of nitrogens with zero attached hydrogens (tertiary/aromatic N) is 3. The minimum absolute atomic E-state index is 0.101. The number of ether oxygens (including phenoxy) is 1. The molecule has 3 amide bonds. The first-order valence-corrected chi connectivity index (χ1v) is 10.4. The molecule has 2 N–H and O–H groups in total. The van der Waals surface area contributed by atoms with Crippen LogP contribution in [0.4, 0.5) is 14.9 Å². The summed E-state index contributed by atoms with van der Waals surface area (Å²) in [5, 5.41) is 14.3. The van der Waals surface area contributed by atoms with Gasteiger partial charge in [-0.05, 0) is 44.0 Å². The maximum Gasteiger partial charge on any atom is 0.325 e. The highest BCUT2D eigenvalue weighted by Crippen LogP contribution is 2.30. The van der Waals surface area contributed by atoms with Crippen molar-refractivity contribution in [1.82, 2.24) is 20.4 Å². The Hall–Kier alpha value is -3.08. The molecule has 2 aromatic rings. The summed E-state index contributed by atoms with van der Waals surface area (Å²) in [6.07, 6.45) is 1.36. The third-order valence-corrected chi connectivity index (χ3v) is 5.64. The number of likely N-dealkylation sites (tertiary alicyclic amines) is 1. The first kappa shape index (κ1) is 21.6. The van der Waals surface area contributed by atoms with E-state index in [0.29, 0.717) is 31.6 Å². The van der Waals surface area contributed by atoms with Crippen LogP contribution in [0.25, 0.3) is 0 Å². The zero-order valence-electron chi connectivity index (χ0n) is 16.4. The molecule has 30 heavy (non-hydrogen) atoms. The Morgan fingerprint density at radius 1 is 1.20 bits per heavy atom. The topological polar surface area (TPSA) is 114 Å². The van der Waals surface area contributed by atoms with Crippen LogP contribution >= 0.6 is 11.3 Å². The molecule has 1 aromatic carbocycles. The molecular formula is C19H22FN5O4S. The van der Waals surface area contributed by atoms with E-state index in [1.165, 1.54) is 35.6 Å². The van der Waals surface area contributed by atoms with Crippen LogP contribution in [0.5, 0.6) is 0 Å². The lowest BCUT2D eigenvalue weighted by atomic mass is 9.98. The van der Waals surface area contributed by atoms with Crippen molar-refractivity contribution in [2.24, 2.45) is 0 Å². The Morgan fingerprint density at radius 2 is 1.90 bits per heavy atom. The summed E-state index contributed by atoms with van der Waals surface area (Å²) in [6.45, 7) is 2.84. The standard InChI is InChI=1S/C19H22FN5O4S/c1-2-29-15(26)11-21-19(28)25-9-7-12(8-10-25)17-23-24-18(30-17)16(27)22-14-5-3-13(20)4-6-14/h3-6,12H,2,7-11H2,1H3,(H,21,28)(H,22,27). The van der Waals surface area contributed by atoms with Gasteiger partial charge in [0, 0.05) is 24.7 Å². The molecule has 1 saturated heterocycles. The number of esters is 1. The van der Waals surface area contributed by atoms with Gasteiger partial charge in [-0.3, -0.25) is 9.59 Å². The van der Waals surface area contributed by atoms with Crippen molar-refractivity contribution >= 4 is 34.9 Å². The third-order valence-electron chi connectivity index (χ3n) is 4.56. The van der Waals surface area contributed by atoms with Crippen LogP contribution in [-0.4, -0.2) is 59.2 Å². The second-order valence-corrected chi connectivity index (χ2v) is 7.64. The maximum absolute atomic E-state index is 13.0. The lowest BCUT2D eigenvalue weighted by molar-refractivity contribution is -0.141. The van der Waals surface area contributed by atoms with E-state index >= 15 is 0 Å². The first-order chi connectivity index (χ1) is 14.5. The van der Waals surface area contributed by atoms with Gasteiger partial charge in [-0.1, -0.05) is 11.3 Å². The molecule has 1 aliphatic rings. The molecule has 1 aromatic heterocycles. The second-order valence-electron chi connectivity index (χ2n) is 6.63. The number of amides is 3. The number of urea groups is 1. The predicted molar refractivity (Wildman–Crippen MR) is 108 cm³/mol. The third kappa shape index (κ3) is 5.72. The molecule has 1 aliphatic heterocycles. The lowest BCUT2D eigenvalue weighted by Gasteiger charge is -2.30. The van der Waals surface area contributed by atoms with Gasteiger partial charge in [0.2, 0.25) is 5.01 Å². The van der Waals surface area contributed by atoms with Gasteiger partial charge in [-0.25, -0.2) is 9.18 Å². The summed E-state index contributed by atoms with van der Waals surface area (Å²) in [6, 6.07) is 5.16. The Balaban J connectivity index is 1.48. The number of carbonyl (C=O) groups is 3. The molecule has 1 fully saturated rings. The van der Waals surface area contributed by atoms with Crippen molar-refractivity contribution in [2.45, 2.75) is 25.7 Å². The van der Waals surface area contributed by atoms with E-state index < -0.39 is 11.9 Å². The van der Waals surface area contributed by atoms with Crippen molar-refractivity contribution in [3.05, 3.63) is 40.1 Å². The van der Waals surface area contributed by atoms with Crippen molar-refractivity contribution in [1.29, 1.82) is 0 Å². The Kier molecular flexibility index (Phi) is 7.28. The van der Waals surface area contributed by atoms with Crippen LogP contribution in [0, 0.1) is 5.82 Å². The number of rotatable bonds is 6. The van der Waals surface area contributed by atoms with E-state index in [-0.39, 0.29) is 35.9 Å². The molecule has 0 spiro atoms. The average Bonchev–Trinajstić information content (AvgIpc) is 3.24. The summed E-state index contributed by atoms with van der Waals surface area (Å²) in [4.78, 5) is 37.4. The highest BCUT2D eigenvalue weighted by atomic mass is 32.1. The number of carbonyl (C=O) groups excluding carboxylic acids is 3. The van der Waals surface area contributed by atoms with Gasteiger partial charge in [0.25, 0.3) is 5.91 Å². The van der Waals surface area contributed by atoms with Crippen LogP contribution < -0.4 is 10.6 Å². The van der Waals surface area contributed by atoms with E-state index in [1.54, 1.807) is 11.8 Å².